The molecule has 10 heteroatoms. The minimum atomic E-state index is -2.22. The summed E-state index contributed by atoms with van der Waals surface area (Å²) in [6.45, 7) is 3.66. The Morgan fingerprint density at radius 1 is 0.783 bits per heavy atom. The molecule has 8 nitrogen and oxygen atoms in total. The highest BCUT2D eigenvalue weighted by atomic mass is 35.5. The number of rotatable bonds is 16. The molecule has 0 unspecified atom stereocenters. The number of carboxylic acids is 1. The van der Waals surface area contributed by atoms with E-state index in [-0.39, 0.29) is 17.1 Å². The van der Waals surface area contributed by atoms with Gasteiger partial charge in [0.05, 0.1) is 35.3 Å². The van der Waals surface area contributed by atoms with Crippen LogP contribution in [0.25, 0.3) is 23.1 Å². The monoisotopic (exact) mass is 843 g/mol. The Hall–Kier alpha value is -4.84. The molecule has 3 atom stereocenters. The second-order valence-corrected chi connectivity index (χ2v) is 17.9. The number of aliphatic carboxylic acids is 1. The third-order valence-electron chi connectivity index (χ3n) is 11.1. The van der Waals surface area contributed by atoms with Crippen molar-refractivity contribution < 1.29 is 25.2 Å². The van der Waals surface area contributed by atoms with Crippen LogP contribution in [0.4, 0.5) is 0 Å². The molecule has 0 radical (unpaired) electrons. The van der Waals surface area contributed by atoms with Gasteiger partial charge in [-0.15, -0.1) is 0 Å². The number of carbonyl (C=O) groups is 1. The van der Waals surface area contributed by atoms with Gasteiger partial charge in [-0.05, 0) is 103 Å². The maximum atomic E-state index is 11.5. The van der Waals surface area contributed by atoms with Crippen LogP contribution in [-0.4, -0.2) is 42.9 Å². The Bertz CT molecular complexity index is 2330. The zero-order chi connectivity index (χ0) is 42.9. The molecule has 0 bridgehead atoms. The number of carboxylic acid groups (broad SMARTS) is 1. The van der Waals surface area contributed by atoms with Gasteiger partial charge < -0.3 is 31.9 Å². The van der Waals surface area contributed by atoms with Crippen molar-refractivity contribution >= 4 is 52.4 Å². The van der Waals surface area contributed by atoms with Crippen molar-refractivity contribution in [2.75, 3.05) is 5.75 Å². The fourth-order valence-electron chi connectivity index (χ4n) is 7.36. The smallest absolute Gasteiger partial charge is 0.303 e. The van der Waals surface area contributed by atoms with E-state index in [1.807, 2.05) is 86.3 Å². The molecule has 0 spiro atoms. The molecular weight excluding hydrogens is 790 g/mol. The van der Waals surface area contributed by atoms with Gasteiger partial charge in [0.2, 0.25) is 5.79 Å². The van der Waals surface area contributed by atoms with E-state index in [4.69, 9.17) is 28.1 Å². The van der Waals surface area contributed by atoms with E-state index in [0.29, 0.717) is 16.1 Å². The maximum Gasteiger partial charge on any atom is 0.303 e. The van der Waals surface area contributed by atoms with E-state index in [1.165, 1.54) is 5.56 Å². The summed E-state index contributed by atoms with van der Waals surface area (Å²) in [5, 5.41) is 42.6. The van der Waals surface area contributed by atoms with Crippen LogP contribution in [0.15, 0.2) is 140 Å². The number of hydrogen-bond donors (Lipinski definition) is 6. The quantitative estimate of drug-likeness (QED) is 0.0521. The summed E-state index contributed by atoms with van der Waals surface area (Å²) < 4.78 is 0. The zero-order valence-corrected chi connectivity index (χ0v) is 35.6. The summed E-state index contributed by atoms with van der Waals surface area (Å²) in [5.41, 5.74) is 18.3. The first kappa shape index (κ1) is 44.7. The third kappa shape index (κ3) is 11.9. The van der Waals surface area contributed by atoms with Gasteiger partial charge >= 0.3 is 5.97 Å². The van der Waals surface area contributed by atoms with Gasteiger partial charge in [-0.25, -0.2) is 4.98 Å². The topological polar surface area (TPSA) is 163 Å². The molecule has 6 aromatic rings. The number of aromatic nitrogens is 1. The van der Waals surface area contributed by atoms with Crippen LogP contribution in [0.5, 0.6) is 0 Å². The lowest BCUT2D eigenvalue weighted by molar-refractivity contribution is -0.195. The van der Waals surface area contributed by atoms with E-state index >= 15 is 0 Å². The fourth-order valence-corrected chi connectivity index (χ4v) is 9.10. The number of aliphatic hydroxyl groups is 3. The SMILES string of the molecule is CC(C)(O)c1ccccc1CC[C@@H](SCC1(CC(=O)O)CC1)c1cccc(/C=C/c2ccc3ccc(Cl)cc3n2)c1.N[C@@H](c1ccccc1)C(O)(O)[C@@H](N)c1ccccc1. The van der Waals surface area contributed by atoms with Crippen LogP contribution < -0.4 is 11.5 Å². The molecule has 0 saturated heterocycles. The lowest BCUT2D eigenvalue weighted by atomic mass is 9.89. The maximum absolute atomic E-state index is 11.5. The minimum absolute atomic E-state index is 0.0814. The Labute approximate surface area is 362 Å². The number of halogens is 1. The molecule has 312 valence electrons. The lowest BCUT2D eigenvalue weighted by Crippen LogP contribution is -2.49. The number of hydrogen-bond acceptors (Lipinski definition) is 8. The highest BCUT2D eigenvalue weighted by Crippen LogP contribution is 2.53. The molecule has 1 saturated carbocycles. The Balaban J connectivity index is 0.000000265. The molecular formula is C50H54ClN3O5S. The van der Waals surface area contributed by atoms with Crippen molar-refractivity contribution in [1.82, 2.24) is 4.98 Å². The molecule has 5 aromatic carbocycles. The van der Waals surface area contributed by atoms with Gasteiger partial charge in [0, 0.05) is 21.4 Å². The van der Waals surface area contributed by atoms with Gasteiger partial charge in [0.15, 0.2) is 0 Å². The highest BCUT2D eigenvalue weighted by Gasteiger charge is 2.44. The predicted octanol–water partition coefficient (Wildman–Crippen LogP) is 10.0. The predicted molar refractivity (Wildman–Crippen MR) is 245 cm³/mol. The van der Waals surface area contributed by atoms with Crippen molar-refractivity contribution in [3.63, 3.8) is 0 Å². The molecule has 60 heavy (non-hydrogen) atoms. The third-order valence-corrected chi connectivity index (χ3v) is 13.0. The fraction of sp³-hybridized carbons (Fsp3) is 0.280. The normalized spacial score (nSPS) is 15.2. The van der Waals surface area contributed by atoms with Gasteiger partial charge in [0.25, 0.3) is 0 Å². The van der Waals surface area contributed by atoms with Crippen molar-refractivity contribution in [2.45, 2.75) is 74.7 Å². The Kier molecular flexibility index (Phi) is 14.7. The average molecular weight is 845 g/mol. The van der Waals surface area contributed by atoms with Crippen LogP contribution in [0.1, 0.15) is 95.9 Å². The highest BCUT2D eigenvalue weighted by molar-refractivity contribution is 7.99. The summed E-state index contributed by atoms with van der Waals surface area (Å²) in [6.07, 6.45) is 8.02. The molecule has 1 aliphatic carbocycles. The van der Waals surface area contributed by atoms with E-state index in [0.717, 1.165) is 64.7 Å². The first-order valence-corrected chi connectivity index (χ1v) is 21.6. The van der Waals surface area contributed by atoms with Crippen LogP contribution >= 0.6 is 23.4 Å². The molecule has 1 fully saturated rings. The average Bonchev–Trinajstić information content (AvgIpc) is 4.01. The van der Waals surface area contributed by atoms with Crippen LogP contribution in [-0.2, 0) is 16.8 Å². The van der Waals surface area contributed by atoms with Crippen molar-refractivity contribution in [3.05, 3.63) is 184 Å². The Morgan fingerprint density at radius 3 is 2.00 bits per heavy atom. The van der Waals surface area contributed by atoms with Crippen LogP contribution in [0.2, 0.25) is 5.02 Å². The van der Waals surface area contributed by atoms with E-state index < -0.39 is 29.4 Å². The summed E-state index contributed by atoms with van der Waals surface area (Å²) in [6, 6.07) is 42.3. The minimum Gasteiger partial charge on any atom is -0.481 e. The number of aryl methyl sites for hydroxylation is 1. The number of nitrogens with two attached hydrogens (primary N) is 2. The molecule has 0 amide bonds. The largest absolute Gasteiger partial charge is 0.481 e. The zero-order valence-electron chi connectivity index (χ0n) is 34.0. The molecule has 8 N–H and O–H groups in total. The number of fused-ring (bicyclic) bond motifs is 1. The van der Waals surface area contributed by atoms with E-state index in [1.54, 1.807) is 48.5 Å². The van der Waals surface area contributed by atoms with E-state index in [2.05, 4.69) is 42.5 Å². The molecule has 1 heterocycles. The summed E-state index contributed by atoms with van der Waals surface area (Å²) >= 11 is 8.04. The first-order chi connectivity index (χ1) is 28.6. The van der Waals surface area contributed by atoms with Gasteiger partial charge in [-0.3, -0.25) is 4.79 Å². The van der Waals surface area contributed by atoms with Gasteiger partial charge in [-0.1, -0.05) is 139 Å². The van der Waals surface area contributed by atoms with Gasteiger partial charge in [-0.2, -0.15) is 11.8 Å². The van der Waals surface area contributed by atoms with Crippen molar-refractivity contribution in [1.29, 1.82) is 0 Å². The standard InChI is InChI=1S/C35H36ClNO3S.C15H18N2O2/c1-34(2,40)30-9-4-3-7-25(30)13-17-32(41-23-35(18-19-35)22-33(38)39)27-8-5-6-24(20-27)10-15-29-16-12-26-11-14-28(36)21-31(26)37-29;16-13(11-7-3-1-4-8-11)15(18,19)14(17)12-9-5-2-6-10-12/h3-12,14-16,20-21,32,40H,13,17-19,22-23H2,1-2H3,(H,38,39);1-10,13-14,18-19H,16-17H2/b15-10+;/t32-;13-,14-/m10/s1. The number of nitrogens with zero attached hydrogens (tertiary/aromatic N) is 1. The van der Waals surface area contributed by atoms with Crippen molar-refractivity contribution in [3.8, 4) is 0 Å². The summed E-state index contributed by atoms with van der Waals surface area (Å²) in [5.74, 6) is -2.10. The number of benzene rings is 5. The van der Waals surface area contributed by atoms with E-state index in [9.17, 15) is 25.2 Å². The second kappa shape index (κ2) is 19.7. The molecule has 0 aliphatic heterocycles. The molecule has 1 aliphatic rings. The van der Waals surface area contributed by atoms with Crippen LogP contribution in [0.3, 0.4) is 0 Å². The van der Waals surface area contributed by atoms with Crippen LogP contribution in [0, 0.1) is 5.41 Å². The molecule has 1 aromatic heterocycles. The summed E-state index contributed by atoms with van der Waals surface area (Å²) in [7, 11) is 0. The number of thioether (sulfide) groups is 1. The molecule has 7 rings (SSSR count). The number of pyridine rings is 1. The Morgan fingerprint density at radius 2 is 1.38 bits per heavy atom. The second-order valence-electron chi connectivity index (χ2n) is 16.3. The first-order valence-electron chi connectivity index (χ1n) is 20.2. The summed E-state index contributed by atoms with van der Waals surface area (Å²) in [4.78, 5) is 16.2. The lowest BCUT2D eigenvalue weighted by Gasteiger charge is -2.34. The van der Waals surface area contributed by atoms with Crippen molar-refractivity contribution in [2.24, 2.45) is 16.9 Å². The van der Waals surface area contributed by atoms with Gasteiger partial charge in [0.1, 0.15) is 0 Å².